The first-order chi connectivity index (χ1) is 8.72. The van der Waals surface area contributed by atoms with Crippen molar-refractivity contribution in [2.75, 3.05) is 14.2 Å². The molecule has 18 heavy (non-hydrogen) atoms. The number of carbonyl (C=O) groups excluding carboxylic acids is 1. The van der Waals surface area contributed by atoms with Crippen LogP contribution in [-0.2, 0) is 9.53 Å². The molecule has 0 N–H and O–H groups in total. The van der Waals surface area contributed by atoms with Crippen molar-refractivity contribution in [3.8, 4) is 0 Å². The van der Waals surface area contributed by atoms with E-state index >= 15 is 0 Å². The summed E-state index contributed by atoms with van der Waals surface area (Å²) in [4.78, 5) is 15.9. The van der Waals surface area contributed by atoms with E-state index in [2.05, 4.69) is 29.5 Å². The number of thiophene rings is 1. The van der Waals surface area contributed by atoms with Crippen molar-refractivity contribution in [3.05, 3.63) is 22.4 Å². The van der Waals surface area contributed by atoms with E-state index in [1.54, 1.807) is 11.3 Å². The van der Waals surface area contributed by atoms with Crippen LogP contribution in [0, 0.1) is 5.92 Å². The highest BCUT2D eigenvalue weighted by atomic mass is 32.1. The highest BCUT2D eigenvalue weighted by molar-refractivity contribution is 7.10. The standard InChI is InChI=1S/C14H19NO2S/c1-15-9-5-6-11(15)13(12-4-3-7-18-12)10(8-9)14(16)17-2/h3-4,7,9-11,13H,5-6,8H2,1-2H3/t9-,10+,11-,13+/m1/s1. The van der Waals surface area contributed by atoms with Gasteiger partial charge in [0.15, 0.2) is 0 Å². The number of nitrogens with zero attached hydrogens (tertiary/aromatic N) is 1. The maximum atomic E-state index is 12.1. The summed E-state index contributed by atoms with van der Waals surface area (Å²) in [5.41, 5.74) is 0. The summed E-state index contributed by atoms with van der Waals surface area (Å²) in [5, 5.41) is 2.10. The molecule has 0 aliphatic carbocycles. The largest absolute Gasteiger partial charge is 0.469 e. The molecule has 2 aliphatic heterocycles. The lowest BCUT2D eigenvalue weighted by atomic mass is 9.79. The molecule has 0 unspecified atom stereocenters. The third kappa shape index (κ3) is 1.79. The van der Waals surface area contributed by atoms with E-state index in [1.165, 1.54) is 24.8 Å². The first-order valence-corrected chi connectivity index (χ1v) is 7.43. The highest BCUT2D eigenvalue weighted by Gasteiger charge is 2.49. The molecule has 3 nitrogen and oxygen atoms in total. The Hall–Kier alpha value is -0.870. The molecule has 2 bridgehead atoms. The van der Waals surface area contributed by atoms with E-state index < -0.39 is 0 Å². The number of piperidine rings is 1. The van der Waals surface area contributed by atoms with Gasteiger partial charge in [0.05, 0.1) is 13.0 Å². The molecule has 98 valence electrons. The van der Waals surface area contributed by atoms with Crippen molar-refractivity contribution in [3.63, 3.8) is 0 Å². The lowest BCUT2D eigenvalue weighted by Gasteiger charge is -2.41. The average Bonchev–Trinajstić information content (AvgIpc) is 2.97. The van der Waals surface area contributed by atoms with Crippen LogP contribution in [0.4, 0.5) is 0 Å². The Kier molecular flexibility index (Phi) is 3.16. The zero-order chi connectivity index (χ0) is 12.7. The molecule has 0 saturated carbocycles. The monoisotopic (exact) mass is 265 g/mol. The van der Waals surface area contributed by atoms with Crippen LogP contribution in [-0.4, -0.2) is 37.1 Å². The molecule has 0 aromatic carbocycles. The number of hydrogen-bond acceptors (Lipinski definition) is 4. The summed E-state index contributed by atoms with van der Waals surface area (Å²) in [7, 11) is 3.71. The Morgan fingerprint density at radius 1 is 1.50 bits per heavy atom. The van der Waals surface area contributed by atoms with Gasteiger partial charge in [-0.1, -0.05) is 6.07 Å². The minimum atomic E-state index is -0.0293. The first-order valence-electron chi connectivity index (χ1n) is 6.55. The van der Waals surface area contributed by atoms with Crippen molar-refractivity contribution in [2.45, 2.75) is 37.3 Å². The quantitative estimate of drug-likeness (QED) is 0.769. The fourth-order valence-corrected chi connectivity index (χ4v) is 4.68. The number of methoxy groups -OCH3 is 1. The third-order valence-electron chi connectivity index (χ3n) is 4.64. The summed E-state index contributed by atoms with van der Waals surface area (Å²) < 4.78 is 5.02. The van der Waals surface area contributed by atoms with Crippen LogP contribution in [0.5, 0.6) is 0 Å². The fourth-order valence-electron chi connectivity index (χ4n) is 3.73. The second-order valence-corrected chi connectivity index (χ2v) is 6.35. The molecule has 2 aliphatic rings. The normalized spacial score (nSPS) is 35.7. The number of carbonyl (C=O) groups is 1. The molecule has 0 spiro atoms. The van der Waals surface area contributed by atoms with Gasteiger partial charge in [-0.25, -0.2) is 0 Å². The zero-order valence-corrected chi connectivity index (χ0v) is 11.7. The van der Waals surface area contributed by atoms with Crippen LogP contribution >= 0.6 is 11.3 Å². The maximum absolute atomic E-state index is 12.1. The maximum Gasteiger partial charge on any atom is 0.309 e. The summed E-state index contributed by atoms with van der Waals surface area (Å²) in [6, 6.07) is 5.31. The summed E-state index contributed by atoms with van der Waals surface area (Å²) >= 11 is 1.77. The van der Waals surface area contributed by atoms with Gasteiger partial charge in [-0.3, -0.25) is 9.69 Å². The predicted octanol–water partition coefficient (Wildman–Crippen LogP) is 2.49. The van der Waals surface area contributed by atoms with Gasteiger partial charge in [0.2, 0.25) is 0 Å². The van der Waals surface area contributed by atoms with E-state index in [1.807, 2.05) is 0 Å². The smallest absolute Gasteiger partial charge is 0.309 e. The molecule has 3 heterocycles. The van der Waals surface area contributed by atoms with Crippen molar-refractivity contribution >= 4 is 17.3 Å². The molecule has 2 saturated heterocycles. The lowest BCUT2D eigenvalue weighted by molar-refractivity contribution is -0.149. The number of ether oxygens (including phenoxy) is 1. The third-order valence-corrected chi connectivity index (χ3v) is 5.62. The van der Waals surface area contributed by atoms with Gasteiger partial charge >= 0.3 is 5.97 Å². The molecule has 0 radical (unpaired) electrons. The number of esters is 1. The van der Waals surface area contributed by atoms with E-state index in [-0.39, 0.29) is 11.9 Å². The van der Waals surface area contributed by atoms with E-state index in [9.17, 15) is 4.79 Å². The van der Waals surface area contributed by atoms with Gasteiger partial charge in [0.1, 0.15) is 0 Å². The van der Waals surface area contributed by atoms with E-state index in [0.717, 1.165) is 6.42 Å². The molecular weight excluding hydrogens is 246 g/mol. The van der Waals surface area contributed by atoms with E-state index in [4.69, 9.17) is 4.74 Å². The van der Waals surface area contributed by atoms with Gasteiger partial charge in [-0.2, -0.15) is 0 Å². The second kappa shape index (κ2) is 4.67. The Morgan fingerprint density at radius 3 is 3.00 bits per heavy atom. The molecule has 4 heteroatoms. The van der Waals surface area contributed by atoms with Crippen LogP contribution in [0.25, 0.3) is 0 Å². The molecule has 3 rings (SSSR count). The summed E-state index contributed by atoms with van der Waals surface area (Å²) in [6.45, 7) is 0. The summed E-state index contributed by atoms with van der Waals surface area (Å²) in [5.74, 6) is 0.335. The second-order valence-electron chi connectivity index (χ2n) is 5.37. The van der Waals surface area contributed by atoms with Gasteiger partial charge in [-0.15, -0.1) is 11.3 Å². The Labute approximate surface area is 112 Å². The van der Waals surface area contributed by atoms with Crippen molar-refractivity contribution < 1.29 is 9.53 Å². The summed E-state index contributed by atoms with van der Waals surface area (Å²) in [6.07, 6.45) is 3.37. The SMILES string of the molecule is COC(=O)[C@H]1C[C@H]2CC[C@H]([C@H]1c1cccs1)N2C. The van der Waals surface area contributed by atoms with Crippen LogP contribution < -0.4 is 0 Å². The number of hydrogen-bond donors (Lipinski definition) is 0. The van der Waals surface area contributed by atoms with Gasteiger partial charge < -0.3 is 4.74 Å². The van der Waals surface area contributed by atoms with Crippen LogP contribution in [0.3, 0.4) is 0 Å². The fraction of sp³-hybridized carbons (Fsp3) is 0.643. The molecule has 4 atom stereocenters. The molecule has 0 amide bonds. The molecule has 2 fully saturated rings. The van der Waals surface area contributed by atoms with Crippen LogP contribution in [0.2, 0.25) is 0 Å². The zero-order valence-electron chi connectivity index (χ0n) is 10.8. The topological polar surface area (TPSA) is 29.5 Å². The molecule has 1 aromatic rings. The van der Waals surface area contributed by atoms with Gasteiger partial charge in [0.25, 0.3) is 0 Å². The Morgan fingerprint density at radius 2 is 2.33 bits per heavy atom. The van der Waals surface area contributed by atoms with E-state index in [0.29, 0.717) is 18.0 Å². The number of rotatable bonds is 2. The predicted molar refractivity (Wildman–Crippen MR) is 71.8 cm³/mol. The highest BCUT2D eigenvalue weighted by Crippen LogP contribution is 2.47. The van der Waals surface area contributed by atoms with Crippen molar-refractivity contribution in [1.29, 1.82) is 0 Å². The minimum Gasteiger partial charge on any atom is -0.469 e. The molecular formula is C14H19NO2S. The lowest BCUT2D eigenvalue weighted by Crippen LogP contribution is -2.47. The number of likely N-dealkylation sites (N-methyl/N-ethyl adjacent to an activating group) is 1. The first kappa shape index (κ1) is 12.2. The van der Waals surface area contributed by atoms with Crippen LogP contribution in [0.1, 0.15) is 30.1 Å². The van der Waals surface area contributed by atoms with Gasteiger partial charge in [-0.05, 0) is 37.8 Å². The molecule has 1 aromatic heterocycles. The van der Waals surface area contributed by atoms with Crippen molar-refractivity contribution in [1.82, 2.24) is 4.90 Å². The van der Waals surface area contributed by atoms with Crippen molar-refractivity contribution in [2.24, 2.45) is 5.92 Å². The van der Waals surface area contributed by atoms with Gasteiger partial charge in [0, 0.05) is 22.9 Å². The Balaban J connectivity index is 1.96. The van der Waals surface area contributed by atoms with Crippen LogP contribution in [0.15, 0.2) is 17.5 Å². The minimum absolute atomic E-state index is 0.0293. The Bertz CT molecular complexity index is 431. The average molecular weight is 265 g/mol. The number of fused-ring (bicyclic) bond motifs is 2.